The van der Waals surface area contributed by atoms with Crippen LogP contribution in [0.15, 0.2) is 11.6 Å². The van der Waals surface area contributed by atoms with Crippen LogP contribution in [0, 0.1) is 40.4 Å². The molecule has 1 amide bonds. The largest absolute Gasteiger partial charge is 0.393 e. The third-order valence-electron chi connectivity index (χ3n) is 12.9. The molecule has 6 aliphatic rings. The van der Waals surface area contributed by atoms with E-state index in [1.54, 1.807) is 5.57 Å². The van der Waals surface area contributed by atoms with Crippen LogP contribution in [-0.4, -0.2) is 47.3 Å². The van der Waals surface area contributed by atoms with E-state index < -0.39 is 0 Å². The van der Waals surface area contributed by atoms with Crippen LogP contribution in [0.2, 0.25) is 0 Å². The van der Waals surface area contributed by atoms with Gasteiger partial charge in [-0.2, -0.15) is 0 Å². The molecule has 2 heterocycles. The van der Waals surface area contributed by atoms with E-state index in [1.165, 1.54) is 51.4 Å². The lowest BCUT2D eigenvalue weighted by Crippen LogP contribution is -2.50. The van der Waals surface area contributed by atoms with E-state index in [0.717, 1.165) is 81.9 Å². The van der Waals surface area contributed by atoms with Crippen LogP contribution in [0.25, 0.3) is 0 Å². The molecule has 3 saturated carbocycles. The topological polar surface area (TPSA) is 49.8 Å². The predicted octanol–water partition coefficient (Wildman–Crippen LogP) is 6.51. The van der Waals surface area contributed by atoms with Crippen molar-refractivity contribution in [3.63, 3.8) is 0 Å². The van der Waals surface area contributed by atoms with E-state index in [9.17, 15) is 9.90 Å². The molecule has 0 aromatic rings. The first-order valence-corrected chi connectivity index (χ1v) is 15.5. The second-order valence-corrected chi connectivity index (χ2v) is 14.4. The Labute approximate surface area is 219 Å². The van der Waals surface area contributed by atoms with Gasteiger partial charge < -0.3 is 14.7 Å². The summed E-state index contributed by atoms with van der Waals surface area (Å²) in [5, 5.41) is 10.3. The monoisotopic (exact) mass is 497 g/mol. The minimum atomic E-state index is -0.115. The van der Waals surface area contributed by atoms with Crippen LogP contribution in [0.5, 0.6) is 0 Å². The molecule has 0 radical (unpaired) electrons. The Bertz CT molecular complexity index is 867. The Morgan fingerprint density at radius 1 is 1.08 bits per heavy atom. The number of rotatable bonds is 4. The average molecular weight is 498 g/mol. The third-order valence-corrected chi connectivity index (χ3v) is 12.9. The van der Waals surface area contributed by atoms with Gasteiger partial charge in [0, 0.05) is 26.1 Å². The molecular formula is C32H51NO3. The minimum Gasteiger partial charge on any atom is -0.393 e. The molecule has 1 N–H and O–H groups in total. The summed E-state index contributed by atoms with van der Waals surface area (Å²) in [6, 6.07) is 0. The molecule has 0 aromatic heterocycles. The molecule has 8 atom stereocenters. The van der Waals surface area contributed by atoms with Gasteiger partial charge in [-0.1, -0.05) is 32.4 Å². The maximum Gasteiger partial charge on any atom is 0.222 e. The molecule has 2 aliphatic heterocycles. The van der Waals surface area contributed by atoms with E-state index in [-0.39, 0.29) is 11.7 Å². The molecule has 5 fully saturated rings. The lowest BCUT2D eigenvalue weighted by Gasteiger charge is -2.58. The van der Waals surface area contributed by atoms with Crippen molar-refractivity contribution in [2.75, 3.05) is 19.7 Å². The Morgan fingerprint density at radius 3 is 2.64 bits per heavy atom. The number of hydrogen-bond donors (Lipinski definition) is 1. The van der Waals surface area contributed by atoms with Crippen LogP contribution in [-0.2, 0) is 9.53 Å². The van der Waals surface area contributed by atoms with E-state index >= 15 is 0 Å². The van der Waals surface area contributed by atoms with Crippen LogP contribution < -0.4 is 0 Å². The van der Waals surface area contributed by atoms with Gasteiger partial charge in [0.15, 0.2) is 0 Å². The SMILES string of the molecule is CC(CCC(=O)N1CCC2(CCCO2)CC1)[C@H]1CC[C@H]2[C@@H]3CC=C4C[C@@H](O)CC[C@]4(C)[C@H]3CC[C@]12C. The fraction of sp³-hybridized carbons (Fsp3) is 0.906. The molecule has 36 heavy (non-hydrogen) atoms. The average Bonchev–Trinajstić information content (AvgIpc) is 3.47. The molecule has 4 heteroatoms. The number of likely N-dealkylation sites (tertiary alicyclic amines) is 1. The van der Waals surface area contributed by atoms with E-state index in [0.29, 0.717) is 22.7 Å². The van der Waals surface area contributed by atoms with Crippen LogP contribution in [0.1, 0.15) is 111 Å². The van der Waals surface area contributed by atoms with Gasteiger partial charge in [0.1, 0.15) is 0 Å². The van der Waals surface area contributed by atoms with E-state index in [4.69, 9.17) is 4.74 Å². The number of aliphatic hydroxyl groups excluding tert-OH is 1. The summed E-state index contributed by atoms with van der Waals surface area (Å²) < 4.78 is 6.06. The zero-order chi connectivity index (χ0) is 25.1. The summed E-state index contributed by atoms with van der Waals surface area (Å²) in [4.78, 5) is 15.3. The maximum atomic E-state index is 13.1. The number of allylic oxidation sites excluding steroid dienone is 1. The fourth-order valence-electron chi connectivity index (χ4n) is 10.6. The van der Waals surface area contributed by atoms with Gasteiger partial charge in [-0.3, -0.25) is 4.79 Å². The standard InChI is InChI=1S/C32H51NO3/c1-22(5-10-29(35)33-18-16-32(17-19-33)13-4-20-36-32)26-8-9-27-25-7-6-23-21-24(34)11-14-30(23,2)28(25)12-15-31(26,27)3/h6,22,24-28,34H,4-5,7-21H2,1-3H3/t22?,24-,25-,26+,27-,28-,30-,31+/m0/s1. The summed E-state index contributed by atoms with van der Waals surface area (Å²) in [5.74, 6) is 4.25. The Balaban J connectivity index is 1.06. The third kappa shape index (κ3) is 4.12. The first-order chi connectivity index (χ1) is 17.2. The van der Waals surface area contributed by atoms with E-state index in [2.05, 4.69) is 31.7 Å². The number of aliphatic hydroxyl groups is 1. The van der Waals surface area contributed by atoms with Gasteiger partial charge in [-0.15, -0.1) is 0 Å². The molecule has 1 spiro atoms. The summed E-state index contributed by atoms with van der Waals surface area (Å²) in [7, 11) is 0. The zero-order valence-electron chi connectivity index (χ0n) is 23.3. The number of piperidine rings is 1. The van der Waals surface area contributed by atoms with Crippen molar-refractivity contribution < 1.29 is 14.6 Å². The van der Waals surface area contributed by atoms with Crippen molar-refractivity contribution in [1.29, 1.82) is 0 Å². The first-order valence-electron chi connectivity index (χ1n) is 15.5. The number of fused-ring (bicyclic) bond motifs is 5. The normalized spacial score (nSPS) is 44.5. The van der Waals surface area contributed by atoms with Crippen LogP contribution >= 0.6 is 0 Å². The lowest BCUT2D eigenvalue weighted by atomic mass is 9.47. The number of ether oxygens (including phenoxy) is 1. The van der Waals surface area contributed by atoms with Crippen molar-refractivity contribution in [3.05, 3.63) is 11.6 Å². The van der Waals surface area contributed by atoms with Crippen molar-refractivity contribution in [2.45, 2.75) is 122 Å². The van der Waals surface area contributed by atoms with Gasteiger partial charge >= 0.3 is 0 Å². The maximum absolute atomic E-state index is 13.1. The van der Waals surface area contributed by atoms with Gasteiger partial charge in [0.2, 0.25) is 5.91 Å². The van der Waals surface area contributed by atoms with Gasteiger partial charge in [-0.25, -0.2) is 0 Å². The van der Waals surface area contributed by atoms with Crippen molar-refractivity contribution in [1.82, 2.24) is 4.90 Å². The van der Waals surface area contributed by atoms with Crippen molar-refractivity contribution in [3.8, 4) is 0 Å². The number of hydrogen-bond acceptors (Lipinski definition) is 3. The highest BCUT2D eigenvalue weighted by molar-refractivity contribution is 5.76. The zero-order valence-corrected chi connectivity index (χ0v) is 23.3. The molecule has 0 aromatic carbocycles. The molecule has 6 rings (SSSR count). The number of carbonyl (C=O) groups is 1. The summed E-state index contributed by atoms with van der Waals surface area (Å²) in [6.45, 7) is 10.3. The summed E-state index contributed by atoms with van der Waals surface area (Å²) in [6.07, 6.45) is 18.5. The van der Waals surface area contributed by atoms with Crippen LogP contribution in [0.3, 0.4) is 0 Å². The molecule has 2 saturated heterocycles. The number of nitrogens with zero attached hydrogens (tertiary/aromatic N) is 1. The van der Waals surface area contributed by atoms with E-state index in [1.807, 2.05) is 0 Å². The molecule has 0 bridgehead atoms. The van der Waals surface area contributed by atoms with Crippen molar-refractivity contribution in [2.24, 2.45) is 40.4 Å². The molecule has 202 valence electrons. The quantitative estimate of drug-likeness (QED) is 0.450. The molecular weight excluding hydrogens is 446 g/mol. The smallest absolute Gasteiger partial charge is 0.222 e. The first kappa shape index (κ1) is 25.4. The Morgan fingerprint density at radius 2 is 1.89 bits per heavy atom. The second kappa shape index (κ2) is 9.40. The highest BCUT2D eigenvalue weighted by Gasteiger charge is 2.59. The second-order valence-electron chi connectivity index (χ2n) is 14.4. The number of amides is 1. The molecule has 4 aliphatic carbocycles. The summed E-state index contributed by atoms with van der Waals surface area (Å²) >= 11 is 0. The summed E-state index contributed by atoms with van der Waals surface area (Å²) in [5.41, 5.74) is 2.45. The fourth-order valence-corrected chi connectivity index (χ4v) is 10.6. The minimum absolute atomic E-state index is 0.0972. The Kier molecular flexibility index (Phi) is 6.63. The number of carbonyl (C=O) groups excluding carboxylic acids is 1. The molecule has 4 nitrogen and oxygen atoms in total. The van der Waals surface area contributed by atoms with Gasteiger partial charge in [-0.05, 0) is 124 Å². The van der Waals surface area contributed by atoms with Gasteiger partial charge in [0.25, 0.3) is 0 Å². The highest BCUT2D eigenvalue weighted by atomic mass is 16.5. The van der Waals surface area contributed by atoms with Crippen molar-refractivity contribution >= 4 is 5.91 Å². The lowest BCUT2D eigenvalue weighted by molar-refractivity contribution is -0.136. The van der Waals surface area contributed by atoms with Crippen LogP contribution in [0.4, 0.5) is 0 Å². The Hall–Kier alpha value is -0.870. The highest BCUT2D eigenvalue weighted by Crippen LogP contribution is 2.67. The molecule has 1 unspecified atom stereocenters. The van der Waals surface area contributed by atoms with Gasteiger partial charge in [0.05, 0.1) is 11.7 Å². The predicted molar refractivity (Wildman–Crippen MR) is 143 cm³/mol.